The number of para-hydroxylation sites is 1. The van der Waals surface area contributed by atoms with E-state index in [1.165, 1.54) is 0 Å². The molecule has 1 aliphatic heterocycles. The van der Waals surface area contributed by atoms with Gasteiger partial charge in [-0.15, -0.1) is 0 Å². The molecule has 1 heterocycles. The third-order valence-corrected chi connectivity index (χ3v) is 6.80. The third kappa shape index (κ3) is 3.95. The van der Waals surface area contributed by atoms with Gasteiger partial charge in [-0.25, -0.2) is 13.4 Å². The summed E-state index contributed by atoms with van der Waals surface area (Å²) in [6.45, 7) is 7.35. The molecule has 2 aromatic rings. The molecule has 0 spiro atoms. The van der Waals surface area contributed by atoms with Gasteiger partial charge in [-0.05, 0) is 45.9 Å². The topological polar surface area (TPSA) is 96.6 Å². The largest absolute Gasteiger partial charge is 0.341 e. The van der Waals surface area contributed by atoms with Crippen molar-refractivity contribution in [1.29, 1.82) is 0 Å². The van der Waals surface area contributed by atoms with Gasteiger partial charge < -0.3 is 10.6 Å². The molecular weight excluding hydrogens is 372 g/mol. The van der Waals surface area contributed by atoms with Gasteiger partial charge in [-0.3, -0.25) is 5.73 Å². The standard InChI is InChI=1S/C21H26N4O2S/c1-14(2)28(26,27)19-8-6-5-7-18(19)24-20-9-10-23-21(22,25-20)17-12-15(3)11-16(4)13-17/h5-14,24-25H,22H2,1-4H3. The highest BCUT2D eigenvalue weighted by Crippen LogP contribution is 2.28. The molecule has 4 N–H and O–H groups in total. The Kier molecular flexibility index (Phi) is 5.32. The van der Waals surface area contributed by atoms with Crippen molar-refractivity contribution in [2.45, 2.75) is 43.6 Å². The summed E-state index contributed by atoms with van der Waals surface area (Å²) < 4.78 is 25.4. The van der Waals surface area contributed by atoms with Gasteiger partial charge in [0.1, 0.15) is 5.82 Å². The highest BCUT2D eigenvalue weighted by Gasteiger charge is 2.30. The summed E-state index contributed by atoms with van der Waals surface area (Å²) in [5, 5.41) is 5.84. The van der Waals surface area contributed by atoms with Crippen LogP contribution >= 0.6 is 0 Å². The molecule has 0 aromatic heterocycles. The highest BCUT2D eigenvalue weighted by molar-refractivity contribution is 7.92. The number of allylic oxidation sites excluding steroid dienone is 1. The first-order chi connectivity index (χ1) is 13.1. The number of sulfone groups is 1. The van der Waals surface area contributed by atoms with Crippen molar-refractivity contribution in [2.75, 3.05) is 5.32 Å². The fraction of sp³-hybridized carbons (Fsp3) is 0.286. The molecule has 2 aromatic carbocycles. The molecule has 0 saturated carbocycles. The molecular formula is C21H26N4O2S. The number of nitrogens with two attached hydrogens (primary N) is 1. The van der Waals surface area contributed by atoms with Crippen molar-refractivity contribution in [3.8, 4) is 0 Å². The lowest BCUT2D eigenvalue weighted by Gasteiger charge is -2.32. The molecule has 148 valence electrons. The maximum Gasteiger partial charge on any atom is 0.210 e. The summed E-state index contributed by atoms with van der Waals surface area (Å²) in [6, 6.07) is 12.9. The Morgan fingerprint density at radius 2 is 1.75 bits per heavy atom. The molecule has 0 saturated heterocycles. The average molecular weight is 399 g/mol. The minimum absolute atomic E-state index is 0.254. The summed E-state index contributed by atoms with van der Waals surface area (Å²) in [5.74, 6) is -0.567. The zero-order valence-corrected chi connectivity index (χ0v) is 17.3. The zero-order chi connectivity index (χ0) is 20.5. The molecule has 1 aliphatic rings. The van der Waals surface area contributed by atoms with Crippen LogP contribution in [0.25, 0.3) is 0 Å². The smallest absolute Gasteiger partial charge is 0.210 e. The first-order valence-corrected chi connectivity index (χ1v) is 10.7. The van der Waals surface area contributed by atoms with Crippen LogP contribution in [0.1, 0.15) is 30.5 Å². The van der Waals surface area contributed by atoms with Crippen LogP contribution in [0, 0.1) is 13.8 Å². The Morgan fingerprint density at radius 1 is 1.11 bits per heavy atom. The Hall–Kier alpha value is -2.64. The van der Waals surface area contributed by atoms with Crippen LogP contribution in [0.4, 0.5) is 5.69 Å². The van der Waals surface area contributed by atoms with E-state index in [4.69, 9.17) is 5.73 Å². The van der Waals surface area contributed by atoms with Crippen LogP contribution in [0.2, 0.25) is 0 Å². The predicted molar refractivity (Wildman–Crippen MR) is 114 cm³/mol. The van der Waals surface area contributed by atoms with Gasteiger partial charge >= 0.3 is 0 Å². The Balaban J connectivity index is 1.92. The number of aliphatic imine (C=N–C) groups is 1. The molecule has 0 fully saturated rings. The second kappa shape index (κ2) is 7.41. The fourth-order valence-corrected chi connectivity index (χ4v) is 4.34. The Labute approximate surface area is 166 Å². The molecule has 0 radical (unpaired) electrons. The number of anilines is 1. The van der Waals surface area contributed by atoms with E-state index in [0.29, 0.717) is 11.5 Å². The summed E-state index contributed by atoms with van der Waals surface area (Å²) in [5.41, 5.74) is 10.0. The van der Waals surface area contributed by atoms with Crippen molar-refractivity contribution < 1.29 is 8.42 Å². The van der Waals surface area contributed by atoms with E-state index in [0.717, 1.165) is 16.7 Å². The number of nitrogens with zero attached hydrogens (tertiary/aromatic N) is 1. The molecule has 28 heavy (non-hydrogen) atoms. The lowest BCUT2D eigenvalue weighted by Crippen LogP contribution is -2.51. The SMILES string of the molecule is Cc1cc(C)cc(C2(N)N=CC=C(Nc3ccccc3S(=O)(=O)C(C)C)N2)c1. The third-order valence-electron chi connectivity index (χ3n) is 4.59. The van der Waals surface area contributed by atoms with Crippen LogP contribution in [0.3, 0.4) is 0 Å². The zero-order valence-electron chi connectivity index (χ0n) is 16.5. The molecule has 0 aliphatic carbocycles. The van der Waals surface area contributed by atoms with Gasteiger partial charge in [0.15, 0.2) is 9.84 Å². The van der Waals surface area contributed by atoms with Gasteiger partial charge in [-0.2, -0.15) is 0 Å². The van der Waals surface area contributed by atoms with Crippen molar-refractivity contribution in [3.63, 3.8) is 0 Å². The first kappa shape index (κ1) is 20.1. The molecule has 0 bridgehead atoms. The molecule has 0 amide bonds. The van der Waals surface area contributed by atoms with Crippen molar-refractivity contribution in [2.24, 2.45) is 10.7 Å². The molecule has 3 rings (SSSR count). The van der Waals surface area contributed by atoms with Gasteiger partial charge in [-0.1, -0.05) is 41.5 Å². The monoisotopic (exact) mass is 398 g/mol. The predicted octanol–water partition coefficient (Wildman–Crippen LogP) is 3.18. The quantitative estimate of drug-likeness (QED) is 0.719. The van der Waals surface area contributed by atoms with Crippen LogP contribution in [-0.2, 0) is 15.6 Å². The van der Waals surface area contributed by atoms with E-state index < -0.39 is 20.9 Å². The molecule has 1 atom stereocenters. The van der Waals surface area contributed by atoms with Gasteiger partial charge in [0, 0.05) is 11.8 Å². The van der Waals surface area contributed by atoms with E-state index in [2.05, 4.69) is 21.7 Å². The number of nitrogens with one attached hydrogen (secondary N) is 2. The van der Waals surface area contributed by atoms with Crippen molar-refractivity contribution in [1.82, 2.24) is 5.32 Å². The van der Waals surface area contributed by atoms with Crippen LogP contribution in [0.5, 0.6) is 0 Å². The van der Waals surface area contributed by atoms with Crippen LogP contribution in [0.15, 0.2) is 64.2 Å². The van der Waals surface area contributed by atoms with E-state index in [9.17, 15) is 8.42 Å². The molecule has 6 nitrogen and oxygen atoms in total. The number of hydrogen-bond donors (Lipinski definition) is 3. The molecule has 7 heteroatoms. The maximum atomic E-state index is 12.7. The number of rotatable bonds is 5. The Morgan fingerprint density at radius 3 is 2.39 bits per heavy atom. The number of hydrogen-bond acceptors (Lipinski definition) is 6. The maximum absolute atomic E-state index is 12.7. The average Bonchev–Trinajstić information content (AvgIpc) is 2.61. The lowest BCUT2D eigenvalue weighted by atomic mass is 10.0. The first-order valence-electron chi connectivity index (χ1n) is 9.13. The summed E-state index contributed by atoms with van der Waals surface area (Å²) in [4.78, 5) is 4.67. The van der Waals surface area contributed by atoms with E-state index in [-0.39, 0.29) is 4.90 Å². The second-order valence-corrected chi connectivity index (χ2v) is 9.81. The minimum Gasteiger partial charge on any atom is -0.341 e. The fourth-order valence-electron chi connectivity index (χ4n) is 3.14. The number of benzene rings is 2. The van der Waals surface area contributed by atoms with Crippen LogP contribution < -0.4 is 16.4 Å². The normalized spacial score (nSPS) is 19.3. The van der Waals surface area contributed by atoms with Gasteiger partial charge in [0.25, 0.3) is 0 Å². The van der Waals surface area contributed by atoms with Crippen molar-refractivity contribution >= 4 is 21.7 Å². The second-order valence-electron chi connectivity index (χ2n) is 7.34. The van der Waals surface area contributed by atoms with Crippen LogP contribution in [-0.4, -0.2) is 19.9 Å². The van der Waals surface area contributed by atoms with E-state index >= 15 is 0 Å². The molecule has 1 unspecified atom stereocenters. The van der Waals surface area contributed by atoms with Gasteiger partial charge in [0.2, 0.25) is 5.79 Å². The van der Waals surface area contributed by atoms with Gasteiger partial charge in [0.05, 0.1) is 15.8 Å². The highest BCUT2D eigenvalue weighted by atomic mass is 32.2. The van der Waals surface area contributed by atoms with Crippen molar-refractivity contribution in [3.05, 3.63) is 71.1 Å². The minimum atomic E-state index is -3.43. The number of aryl methyl sites for hydroxylation is 2. The van der Waals surface area contributed by atoms with E-state index in [1.807, 2.05) is 26.0 Å². The summed E-state index contributed by atoms with van der Waals surface area (Å²) in [7, 11) is -3.43. The lowest BCUT2D eigenvalue weighted by molar-refractivity contribution is 0.398. The Bertz CT molecular complexity index is 1040. The summed E-state index contributed by atoms with van der Waals surface area (Å²) in [6.07, 6.45) is 3.35. The van der Waals surface area contributed by atoms with E-state index in [1.54, 1.807) is 50.4 Å². The summed E-state index contributed by atoms with van der Waals surface area (Å²) >= 11 is 0.